The van der Waals surface area contributed by atoms with Gasteiger partial charge in [-0.2, -0.15) is 5.10 Å². The van der Waals surface area contributed by atoms with Gasteiger partial charge < -0.3 is 20.3 Å². The predicted octanol–water partition coefficient (Wildman–Crippen LogP) is 3.37. The lowest BCUT2D eigenvalue weighted by Gasteiger charge is -2.29. The fourth-order valence-electron chi connectivity index (χ4n) is 3.69. The quantitative estimate of drug-likeness (QED) is 0.262. The normalized spacial score (nSPS) is 14.0. The summed E-state index contributed by atoms with van der Waals surface area (Å²) < 4.78 is 21.8. The summed E-state index contributed by atoms with van der Waals surface area (Å²) in [6.07, 6.45) is 4.56. The van der Waals surface area contributed by atoms with E-state index in [1.54, 1.807) is 19.3 Å². The third kappa shape index (κ3) is 6.91. The number of nitrogens with one attached hydrogen (secondary N) is 2. The number of anilines is 1. The van der Waals surface area contributed by atoms with Crippen molar-refractivity contribution in [2.24, 2.45) is 4.99 Å². The maximum absolute atomic E-state index is 14.6. The van der Waals surface area contributed by atoms with Gasteiger partial charge in [-0.1, -0.05) is 18.2 Å². The summed E-state index contributed by atoms with van der Waals surface area (Å²) in [5, 5.41) is 10.8. The van der Waals surface area contributed by atoms with Gasteiger partial charge in [-0.15, -0.1) is 24.0 Å². The Labute approximate surface area is 211 Å². The van der Waals surface area contributed by atoms with Crippen LogP contribution in [0.4, 0.5) is 10.1 Å². The van der Waals surface area contributed by atoms with E-state index in [4.69, 9.17) is 4.74 Å². The molecule has 1 aliphatic rings. The first-order valence-electron chi connectivity index (χ1n) is 10.9. The van der Waals surface area contributed by atoms with Gasteiger partial charge in [0.05, 0.1) is 24.6 Å². The second-order valence-electron chi connectivity index (χ2n) is 7.60. The third-order valence-electron chi connectivity index (χ3n) is 5.46. The van der Waals surface area contributed by atoms with Crippen LogP contribution in [0.3, 0.4) is 0 Å². The number of hydrogen-bond acceptors (Lipinski definition) is 4. The number of rotatable bonds is 7. The van der Waals surface area contributed by atoms with Crippen molar-refractivity contribution in [3.05, 3.63) is 77.9 Å². The van der Waals surface area contributed by atoms with Gasteiger partial charge in [0.2, 0.25) is 0 Å². The lowest BCUT2D eigenvalue weighted by atomic mass is 10.1. The first-order chi connectivity index (χ1) is 15.7. The van der Waals surface area contributed by atoms with Crippen molar-refractivity contribution in [2.45, 2.75) is 13.0 Å². The van der Waals surface area contributed by atoms with Crippen molar-refractivity contribution in [3.8, 4) is 5.69 Å². The van der Waals surface area contributed by atoms with Crippen molar-refractivity contribution in [1.82, 2.24) is 20.4 Å². The number of halogens is 2. The Kier molecular flexibility index (Phi) is 9.49. The molecule has 0 atom stereocenters. The lowest BCUT2D eigenvalue weighted by Crippen LogP contribution is -2.38. The van der Waals surface area contributed by atoms with E-state index in [1.807, 2.05) is 34.0 Å². The minimum Gasteiger partial charge on any atom is -0.378 e. The molecule has 0 amide bonds. The van der Waals surface area contributed by atoms with Crippen LogP contribution in [0.15, 0.2) is 65.9 Å². The maximum Gasteiger partial charge on any atom is 0.191 e. The molecule has 0 spiro atoms. The summed E-state index contributed by atoms with van der Waals surface area (Å²) in [5.41, 5.74) is 3.77. The van der Waals surface area contributed by atoms with Gasteiger partial charge in [0.25, 0.3) is 0 Å². The van der Waals surface area contributed by atoms with Crippen LogP contribution in [0, 0.1) is 5.82 Å². The van der Waals surface area contributed by atoms with Crippen molar-refractivity contribution in [2.75, 3.05) is 44.8 Å². The van der Waals surface area contributed by atoms with Crippen molar-refractivity contribution in [1.29, 1.82) is 0 Å². The molecule has 3 aromatic rings. The van der Waals surface area contributed by atoms with Crippen molar-refractivity contribution < 1.29 is 9.13 Å². The number of morpholine rings is 1. The molecule has 1 aliphatic heterocycles. The zero-order valence-corrected chi connectivity index (χ0v) is 21.0. The minimum absolute atomic E-state index is 0. The van der Waals surface area contributed by atoms with Crippen LogP contribution in [-0.2, 0) is 17.7 Å². The van der Waals surface area contributed by atoms with Crippen molar-refractivity contribution in [3.63, 3.8) is 0 Å². The predicted molar refractivity (Wildman–Crippen MR) is 140 cm³/mol. The Morgan fingerprint density at radius 3 is 2.52 bits per heavy atom. The largest absolute Gasteiger partial charge is 0.378 e. The lowest BCUT2D eigenvalue weighted by molar-refractivity contribution is 0.122. The van der Waals surface area contributed by atoms with Crippen LogP contribution in [0.25, 0.3) is 5.69 Å². The molecule has 176 valence electrons. The molecule has 7 nitrogen and oxygen atoms in total. The fourth-order valence-corrected chi connectivity index (χ4v) is 3.69. The van der Waals surface area contributed by atoms with Gasteiger partial charge in [-0.25, -0.2) is 9.07 Å². The van der Waals surface area contributed by atoms with Crippen LogP contribution < -0.4 is 15.5 Å². The van der Waals surface area contributed by atoms with E-state index in [2.05, 4.69) is 45.0 Å². The topological polar surface area (TPSA) is 66.7 Å². The van der Waals surface area contributed by atoms with E-state index in [0.717, 1.165) is 37.3 Å². The summed E-state index contributed by atoms with van der Waals surface area (Å²) in [4.78, 5) is 6.29. The highest BCUT2D eigenvalue weighted by atomic mass is 127. The number of ether oxygens (including phenoxy) is 1. The SMILES string of the molecule is CN=C(NCCc1ccc(-n2cccn2)cc1)NCc1ccc(N2CCOCC2)c(F)c1.I. The number of aliphatic imine (C=N–C) groups is 1. The molecule has 0 unspecified atom stereocenters. The average Bonchev–Trinajstić information content (AvgIpc) is 3.37. The molecule has 0 bridgehead atoms. The molecule has 33 heavy (non-hydrogen) atoms. The summed E-state index contributed by atoms with van der Waals surface area (Å²) in [6, 6.07) is 15.6. The summed E-state index contributed by atoms with van der Waals surface area (Å²) in [5.74, 6) is 0.489. The Hall–Kier alpha value is -2.66. The monoisotopic (exact) mass is 564 g/mol. The zero-order valence-electron chi connectivity index (χ0n) is 18.7. The van der Waals surface area contributed by atoms with Crippen LogP contribution >= 0.6 is 24.0 Å². The third-order valence-corrected chi connectivity index (χ3v) is 5.46. The Bertz CT molecular complexity index is 1020. The molecular formula is C24H30FIN6O. The summed E-state index contributed by atoms with van der Waals surface area (Å²) in [6.45, 7) is 3.95. The smallest absolute Gasteiger partial charge is 0.191 e. The second kappa shape index (κ2) is 12.5. The van der Waals surface area contributed by atoms with Crippen LogP contribution in [0.5, 0.6) is 0 Å². The standard InChI is InChI=1S/C24H29FN6O.HI/c1-26-24(27-11-9-19-3-6-21(7-4-19)31-12-2-10-29-31)28-18-20-5-8-23(22(25)17-20)30-13-15-32-16-14-30;/h2-8,10,12,17H,9,11,13-16,18H2,1H3,(H2,26,27,28);1H. The average molecular weight is 564 g/mol. The van der Waals surface area contributed by atoms with E-state index in [9.17, 15) is 4.39 Å². The second-order valence-corrected chi connectivity index (χ2v) is 7.60. The van der Waals surface area contributed by atoms with Gasteiger partial charge in [0.1, 0.15) is 5.82 Å². The first kappa shape index (κ1) is 25.0. The van der Waals surface area contributed by atoms with Gasteiger partial charge >= 0.3 is 0 Å². The molecule has 2 N–H and O–H groups in total. The highest BCUT2D eigenvalue weighted by molar-refractivity contribution is 14.0. The number of benzene rings is 2. The summed E-state index contributed by atoms with van der Waals surface area (Å²) >= 11 is 0. The van der Waals surface area contributed by atoms with Crippen molar-refractivity contribution >= 4 is 35.6 Å². The molecule has 0 radical (unpaired) electrons. The minimum atomic E-state index is -0.201. The number of hydrogen-bond donors (Lipinski definition) is 2. The molecule has 4 rings (SSSR count). The molecule has 1 fully saturated rings. The van der Waals surface area contributed by atoms with Gasteiger partial charge in [-0.3, -0.25) is 4.99 Å². The molecule has 0 aliphatic carbocycles. The summed E-state index contributed by atoms with van der Waals surface area (Å²) in [7, 11) is 1.73. The highest BCUT2D eigenvalue weighted by Gasteiger charge is 2.15. The van der Waals surface area contributed by atoms with Crippen LogP contribution in [-0.4, -0.2) is 55.6 Å². The Morgan fingerprint density at radius 2 is 1.85 bits per heavy atom. The van der Waals surface area contributed by atoms with Gasteiger partial charge in [0, 0.05) is 45.6 Å². The number of aromatic nitrogens is 2. The first-order valence-corrected chi connectivity index (χ1v) is 10.9. The molecule has 2 aromatic carbocycles. The van der Waals surface area contributed by atoms with E-state index in [1.165, 1.54) is 5.56 Å². The van der Waals surface area contributed by atoms with E-state index >= 15 is 0 Å². The molecule has 9 heteroatoms. The van der Waals surface area contributed by atoms with Gasteiger partial charge in [-0.05, 0) is 47.9 Å². The molecule has 0 saturated carbocycles. The maximum atomic E-state index is 14.6. The zero-order chi connectivity index (χ0) is 22.2. The Balaban J connectivity index is 0.00000306. The molecule has 1 saturated heterocycles. The van der Waals surface area contributed by atoms with Crippen LogP contribution in [0.1, 0.15) is 11.1 Å². The highest BCUT2D eigenvalue weighted by Crippen LogP contribution is 2.21. The number of guanidine groups is 1. The molecular weight excluding hydrogens is 534 g/mol. The van der Waals surface area contributed by atoms with E-state index in [-0.39, 0.29) is 29.8 Å². The van der Waals surface area contributed by atoms with E-state index < -0.39 is 0 Å². The Morgan fingerprint density at radius 1 is 1.09 bits per heavy atom. The fraction of sp³-hybridized carbons (Fsp3) is 0.333. The van der Waals surface area contributed by atoms with Gasteiger partial charge in [0.15, 0.2) is 5.96 Å². The van der Waals surface area contributed by atoms with E-state index in [0.29, 0.717) is 31.4 Å². The molecule has 1 aromatic heterocycles. The van der Waals surface area contributed by atoms with Crippen LogP contribution in [0.2, 0.25) is 0 Å². The molecule has 2 heterocycles. The number of nitrogens with zero attached hydrogens (tertiary/aromatic N) is 4.